The van der Waals surface area contributed by atoms with Crippen molar-refractivity contribution in [3.05, 3.63) is 0 Å². The molecular formula is C11H26IN3O. The molecule has 0 radical (unpaired) electrons. The Balaban J connectivity index is 0. The highest BCUT2D eigenvalue weighted by Crippen LogP contribution is 1.98. The van der Waals surface area contributed by atoms with Crippen molar-refractivity contribution in [3.63, 3.8) is 0 Å². The largest absolute Gasteiger partial charge is 0.380 e. The van der Waals surface area contributed by atoms with Crippen LogP contribution in [0.2, 0.25) is 0 Å². The van der Waals surface area contributed by atoms with E-state index in [9.17, 15) is 0 Å². The zero-order valence-corrected chi connectivity index (χ0v) is 13.2. The Morgan fingerprint density at radius 1 is 1.25 bits per heavy atom. The molecule has 0 aromatic rings. The number of nitrogens with zero attached hydrogens (tertiary/aromatic N) is 1. The van der Waals surface area contributed by atoms with Gasteiger partial charge in [0.05, 0.1) is 6.61 Å². The van der Waals surface area contributed by atoms with Crippen molar-refractivity contribution in [2.75, 3.05) is 33.4 Å². The predicted octanol–water partition coefficient (Wildman–Crippen LogP) is 1.85. The molecular weight excluding hydrogens is 317 g/mol. The molecule has 4 nitrogen and oxygen atoms in total. The summed E-state index contributed by atoms with van der Waals surface area (Å²) in [6, 6.07) is 0. The van der Waals surface area contributed by atoms with Gasteiger partial charge in [-0.25, -0.2) is 0 Å². The first kappa shape index (κ1) is 18.3. The summed E-state index contributed by atoms with van der Waals surface area (Å²) in [5, 5.41) is 6.30. The molecule has 0 aliphatic carbocycles. The first-order valence-electron chi connectivity index (χ1n) is 5.73. The summed E-state index contributed by atoms with van der Waals surface area (Å²) >= 11 is 0. The molecule has 0 aromatic carbocycles. The van der Waals surface area contributed by atoms with Gasteiger partial charge in [0.25, 0.3) is 0 Å². The number of ether oxygens (including phenoxy) is 1. The van der Waals surface area contributed by atoms with E-state index in [0.29, 0.717) is 5.92 Å². The average Bonchev–Trinajstić information content (AvgIpc) is 2.21. The van der Waals surface area contributed by atoms with Gasteiger partial charge in [0.1, 0.15) is 0 Å². The molecule has 0 bridgehead atoms. The van der Waals surface area contributed by atoms with E-state index in [2.05, 4.69) is 29.5 Å². The minimum Gasteiger partial charge on any atom is -0.380 e. The Morgan fingerprint density at radius 2 is 1.94 bits per heavy atom. The molecule has 0 amide bonds. The smallest absolute Gasteiger partial charge is 0.191 e. The van der Waals surface area contributed by atoms with Crippen LogP contribution in [0.1, 0.15) is 27.2 Å². The van der Waals surface area contributed by atoms with Crippen molar-refractivity contribution in [2.24, 2.45) is 10.9 Å². The molecule has 0 aliphatic rings. The standard InChI is InChI=1S/C11H25N3O.HI/c1-5-13-11(12-4)14-7-9-15-8-6-10(2)3;/h10H,5-9H2,1-4H3,(H2,12,13,14);1H. The van der Waals surface area contributed by atoms with Gasteiger partial charge in [0, 0.05) is 26.7 Å². The Hall–Kier alpha value is -0.0400. The highest BCUT2D eigenvalue weighted by Gasteiger charge is 1.95. The second-order valence-corrected chi connectivity index (χ2v) is 3.82. The number of hydrogen-bond acceptors (Lipinski definition) is 2. The molecule has 0 saturated heterocycles. The van der Waals surface area contributed by atoms with Crippen LogP contribution < -0.4 is 10.6 Å². The maximum Gasteiger partial charge on any atom is 0.191 e. The predicted molar refractivity (Wildman–Crippen MR) is 80.7 cm³/mol. The van der Waals surface area contributed by atoms with Crippen LogP contribution in [0, 0.1) is 5.92 Å². The van der Waals surface area contributed by atoms with Crippen molar-refractivity contribution >= 4 is 29.9 Å². The van der Waals surface area contributed by atoms with E-state index in [0.717, 1.165) is 38.7 Å². The lowest BCUT2D eigenvalue weighted by Gasteiger charge is -2.10. The fraction of sp³-hybridized carbons (Fsp3) is 0.909. The van der Waals surface area contributed by atoms with E-state index >= 15 is 0 Å². The fourth-order valence-corrected chi connectivity index (χ4v) is 1.05. The summed E-state index contributed by atoms with van der Waals surface area (Å²) in [4.78, 5) is 4.06. The van der Waals surface area contributed by atoms with Gasteiger partial charge < -0.3 is 15.4 Å². The lowest BCUT2D eigenvalue weighted by molar-refractivity contribution is 0.128. The van der Waals surface area contributed by atoms with Crippen LogP contribution in [0.5, 0.6) is 0 Å². The zero-order chi connectivity index (χ0) is 11.5. The lowest BCUT2D eigenvalue weighted by atomic mass is 10.1. The van der Waals surface area contributed by atoms with Crippen molar-refractivity contribution in [3.8, 4) is 0 Å². The van der Waals surface area contributed by atoms with Crippen LogP contribution in [0.4, 0.5) is 0 Å². The monoisotopic (exact) mass is 343 g/mol. The minimum atomic E-state index is 0. The van der Waals surface area contributed by atoms with Gasteiger partial charge in [-0.15, -0.1) is 24.0 Å². The van der Waals surface area contributed by atoms with Crippen LogP contribution in [0.3, 0.4) is 0 Å². The molecule has 0 rings (SSSR count). The van der Waals surface area contributed by atoms with E-state index in [-0.39, 0.29) is 24.0 Å². The molecule has 98 valence electrons. The molecule has 2 N–H and O–H groups in total. The van der Waals surface area contributed by atoms with Gasteiger partial charge in [0.15, 0.2) is 5.96 Å². The molecule has 0 spiro atoms. The topological polar surface area (TPSA) is 45.7 Å². The number of aliphatic imine (C=N–C) groups is 1. The second-order valence-electron chi connectivity index (χ2n) is 3.82. The van der Waals surface area contributed by atoms with E-state index in [4.69, 9.17) is 4.74 Å². The molecule has 0 aliphatic heterocycles. The van der Waals surface area contributed by atoms with E-state index < -0.39 is 0 Å². The van der Waals surface area contributed by atoms with Gasteiger partial charge in [-0.05, 0) is 19.3 Å². The number of hydrogen-bond donors (Lipinski definition) is 2. The Kier molecular flexibility index (Phi) is 14.9. The Morgan fingerprint density at radius 3 is 2.44 bits per heavy atom. The SMILES string of the molecule is CCNC(=NC)NCCOCCC(C)C.I. The maximum absolute atomic E-state index is 5.47. The first-order chi connectivity index (χ1) is 7.20. The van der Waals surface area contributed by atoms with Crippen LogP contribution in [0.25, 0.3) is 0 Å². The number of guanidine groups is 1. The summed E-state index contributed by atoms with van der Waals surface area (Å²) in [6.45, 7) is 9.72. The van der Waals surface area contributed by atoms with Crippen molar-refractivity contribution in [1.29, 1.82) is 0 Å². The quantitative estimate of drug-likeness (QED) is 0.321. The fourth-order valence-electron chi connectivity index (χ4n) is 1.05. The average molecular weight is 343 g/mol. The summed E-state index contributed by atoms with van der Waals surface area (Å²) in [7, 11) is 1.77. The third-order valence-electron chi connectivity index (χ3n) is 1.95. The van der Waals surface area contributed by atoms with Crippen LogP contribution in [-0.4, -0.2) is 39.3 Å². The number of halogens is 1. The van der Waals surface area contributed by atoms with E-state index in [1.807, 2.05) is 6.92 Å². The number of rotatable bonds is 7. The first-order valence-corrected chi connectivity index (χ1v) is 5.73. The maximum atomic E-state index is 5.47. The molecule has 0 heterocycles. The third-order valence-corrected chi connectivity index (χ3v) is 1.95. The minimum absolute atomic E-state index is 0. The van der Waals surface area contributed by atoms with E-state index in [1.54, 1.807) is 7.05 Å². The highest BCUT2D eigenvalue weighted by atomic mass is 127. The van der Waals surface area contributed by atoms with Crippen molar-refractivity contribution in [2.45, 2.75) is 27.2 Å². The summed E-state index contributed by atoms with van der Waals surface area (Å²) in [5.74, 6) is 1.55. The molecule has 0 fully saturated rings. The molecule has 5 heteroatoms. The Labute approximate surface area is 117 Å². The molecule has 0 atom stereocenters. The van der Waals surface area contributed by atoms with Crippen molar-refractivity contribution < 1.29 is 4.74 Å². The van der Waals surface area contributed by atoms with Gasteiger partial charge >= 0.3 is 0 Å². The highest BCUT2D eigenvalue weighted by molar-refractivity contribution is 14.0. The second kappa shape index (κ2) is 13.0. The van der Waals surface area contributed by atoms with Crippen LogP contribution in [0.15, 0.2) is 4.99 Å². The van der Waals surface area contributed by atoms with Gasteiger partial charge in [-0.1, -0.05) is 13.8 Å². The van der Waals surface area contributed by atoms with E-state index in [1.165, 1.54) is 0 Å². The molecule has 0 aromatic heterocycles. The molecule has 0 saturated carbocycles. The van der Waals surface area contributed by atoms with Crippen LogP contribution >= 0.6 is 24.0 Å². The summed E-state index contributed by atoms with van der Waals surface area (Å²) < 4.78 is 5.47. The lowest BCUT2D eigenvalue weighted by Crippen LogP contribution is -2.38. The third kappa shape index (κ3) is 12.0. The normalized spacial score (nSPS) is 11.2. The zero-order valence-electron chi connectivity index (χ0n) is 10.9. The Bertz CT molecular complexity index is 175. The van der Waals surface area contributed by atoms with Gasteiger partial charge in [-0.2, -0.15) is 0 Å². The molecule has 16 heavy (non-hydrogen) atoms. The number of nitrogens with one attached hydrogen (secondary N) is 2. The summed E-state index contributed by atoms with van der Waals surface area (Å²) in [6.07, 6.45) is 1.13. The van der Waals surface area contributed by atoms with Crippen LogP contribution in [-0.2, 0) is 4.74 Å². The summed E-state index contributed by atoms with van der Waals surface area (Å²) in [5.41, 5.74) is 0. The van der Waals surface area contributed by atoms with Crippen molar-refractivity contribution in [1.82, 2.24) is 10.6 Å². The van der Waals surface area contributed by atoms with Gasteiger partial charge in [-0.3, -0.25) is 4.99 Å². The molecule has 0 unspecified atom stereocenters. The van der Waals surface area contributed by atoms with Gasteiger partial charge in [0.2, 0.25) is 0 Å².